The lowest BCUT2D eigenvalue weighted by atomic mass is 10.1. The number of rotatable bonds is 6. The molecular formula is C19H18N2O5S. The summed E-state index contributed by atoms with van der Waals surface area (Å²) in [5, 5.41) is 5.00. The van der Waals surface area contributed by atoms with E-state index in [1.165, 1.54) is 24.5 Å². The van der Waals surface area contributed by atoms with Crippen molar-refractivity contribution in [3.8, 4) is 16.5 Å². The highest BCUT2D eigenvalue weighted by atomic mass is 32.1. The Hall–Kier alpha value is -3.13. The average molecular weight is 386 g/mol. The monoisotopic (exact) mass is 386 g/mol. The molecule has 27 heavy (non-hydrogen) atoms. The van der Waals surface area contributed by atoms with Crippen molar-refractivity contribution in [3.63, 3.8) is 0 Å². The zero-order chi connectivity index (χ0) is 19.4. The Morgan fingerprint density at radius 3 is 2.74 bits per heavy atom. The summed E-state index contributed by atoms with van der Waals surface area (Å²) in [6.45, 7) is 3.74. The fraction of sp³-hybridized carbons (Fsp3) is 0.211. The number of amides is 1. The lowest BCUT2D eigenvalue weighted by Crippen LogP contribution is -2.15. The molecule has 140 valence electrons. The number of hydrogen-bond acceptors (Lipinski definition) is 7. The van der Waals surface area contributed by atoms with Crippen molar-refractivity contribution >= 4 is 28.9 Å². The number of ether oxygens (including phenoxy) is 2. The third-order valence-corrected chi connectivity index (χ3v) is 4.34. The maximum Gasteiger partial charge on any atom is 0.337 e. The van der Waals surface area contributed by atoms with Gasteiger partial charge in [-0.3, -0.25) is 4.79 Å². The number of furan rings is 1. The highest BCUT2D eigenvalue weighted by molar-refractivity contribution is 7.13. The summed E-state index contributed by atoms with van der Waals surface area (Å²) in [6, 6.07) is 8.24. The lowest BCUT2D eigenvalue weighted by Gasteiger charge is -2.15. The summed E-state index contributed by atoms with van der Waals surface area (Å²) in [5.41, 5.74) is 0.910. The third-order valence-electron chi connectivity index (χ3n) is 3.48. The third kappa shape index (κ3) is 4.35. The molecule has 8 heteroatoms. The summed E-state index contributed by atoms with van der Waals surface area (Å²) >= 11 is 1.30. The minimum absolute atomic E-state index is 0.102. The molecule has 0 bridgehead atoms. The number of carbonyl (C=O) groups is 2. The number of esters is 1. The first-order chi connectivity index (χ1) is 13.0. The fourth-order valence-corrected chi connectivity index (χ4v) is 3.07. The molecule has 0 saturated carbocycles. The zero-order valence-electron chi connectivity index (χ0n) is 15.0. The van der Waals surface area contributed by atoms with Gasteiger partial charge in [0.2, 0.25) is 0 Å². The van der Waals surface area contributed by atoms with Crippen LogP contribution in [0.3, 0.4) is 0 Å². The van der Waals surface area contributed by atoms with Gasteiger partial charge >= 0.3 is 5.97 Å². The van der Waals surface area contributed by atoms with Crippen LogP contribution in [-0.4, -0.2) is 30.1 Å². The molecule has 3 rings (SSSR count). The highest BCUT2D eigenvalue weighted by Crippen LogP contribution is 2.29. The Balaban J connectivity index is 1.86. The van der Waals surface area contributed by atoms with Crippen molar-refractivity contribution in [3.05, 3.63) is 53.2 Å². The highest BCUT2D eigenvalue weighted by Gasteiger charge is 2.17. The SMILES string of the molecule is COC(=O)c1ccc(OC(C)C)c(NC(=O)c2csc(-c3ccco3)n2)c1. The van der Waals surface area contributed by atoms with E-state index in [0.29, 0.717) is 27.8 Å². The number of hydrogen-bond donors (Lipinski definition) is 1. The van der Waals surface area contributed by atoms with Crippen LogP contribution in [0.5, 0.6) is 5.75 Å². The van der Waals surface area contributed by atoms with Gasteiger partial charge in [0, 0.05) is 5.38 Å². The molecular weight excluding hydrogens is 368 g/mol. The Labute approximate surface area is 159 Å². The maximum absolute atomic E-state index is 12.6. The minimum Gasteiger partial charge on any atom is -0.489 e. The van der Waals surface area contributed by atoms with Crippen LogP contribution < -0.4 is 10.1 Å². The van der Waals surface area contributed by atoms with Gasteiger partial charge in [-0.25, -0.2) is 9.78 Å². The van der Waals surface area contributed by atoms with Crippen LogP contribution >= 0.6 is 11.3 Å². The second-order valence-corrected chi connectivity index (χ2v) is 6.70. The van der Waals surface area contributed by atoms with Gasteiger partial charge in [-0.2, -0.15) is 0 Å². The lowest BCUT2D eigenvalue weighted by molar-refractivity contribution is 0.0600. The quantitative estimate of drug-likeness (QED) is 0.638. The minimum atomic E-state index is -0.504. The van der Waals surface area contributed by atoms with Gasteiger partial charge < -0.3 is 19.2 Å². The van der Waals surface area contributed by atoms with E-state index in [1.807, 2.05) is 13.8 Å². The first-order valence-corrected chi connectivity index (χ1v) is 9.05. The number of carbonyl (C=O) groups excluding carboxylic acids is 2. The molecule has 0 saturated heterocycles. The molecule has 0 aliphatic rings. The molecule has 1 amide bonds. The van der Waals surface area contributed by atoms with E-state index >= 15 is 0 Å². The van der Waals surface area contributed by atoms with Crippen LogP contribution in [0.4, 0.5) is 5.69 Å². The van der Waals surface area contributed by atoms with E-state index in [0.717, 1.165) is 0 Å². The number of methoxy groups -OCH3 is 1. The average Bonchev–Trinajstić information content (AvgIpc) is 3.33. The second-order valence-electron chi connectivity index (χ2n) is 5.84. The molecule has 2 heterocycles. The van der Waals surface area contributed by atoms with Crippen LogP contribution in [0.2, 0.25) is 0 Å². The van der Waals surface area contributed by atoms with Crippen LogP contribution in [-0.2, 0) is 4.74 Å². The van der Waals surface area contributed by atoms with E-state index in [-0.39, 0.29) is 11.8 Å². The standard InChI is InChI=1S/C19H18N2O5S/c1-11(2)26-15-7-6-12(19(23)24-3)9-13(15)20-17(22)14-10-27-18(21-14)16-5-4-8-25-16/h4-11H,1-3H3,(H,20,22). The Bertz CT molecular complexity index is 947. The predicted octanol–water partition coefficient (Wildman–Crippen LogP) is 4.23. The Morgan fingerprint density at radius 1 is 1.26 bits per heavy atom. The number of anilines is 1. The van der Waals surface area contributed by atoms with Crippen LogP contribution in [0.25, 0.3) is 10.8 Å². The molecule has 1 aromatic carbocycles. The van der Waals surface area contributed by atoms with Gasteiger partial charge in [0.25, 0.3) is 5.91 Å². The summed E-state index contributed by atoms with van der Waals surface area (Å²) in [7, 11) is 1.30. The molecule has 1 N–H and O–H groups in total. The summed E-state index contributed by atoms with van der Waals surface area (Å²) in [5.74, 6) is 0.123. The van der Waals surface area contributed by atoms with Gasteiger partial charge in [0.15, 0.2) is 10.8 Å². The molecule has 0 aliphatic carbocycles. The summed E-state index contributed by atoms with van der Waals surface area (Å²) in [4.78, 5) is 28.7. The summed E-state index contributed by atoms with van der Waals surface area (Å²) in [6.07, 6.45) is 1.44. The predicted molar refractivity (Wildman–Crippen MR) is 101 cm³/mol. The molecule has 2 aromatic heterocycles. The van der Waals surface area contributed by atoms with Crippen LogP contribution in [0, 0.1) is 0 Å². The zero-order valence-corrected chi connectivity index (χ0v) is 15.8. The van der Waals surface area contributed by atoms with Crippen molar-refractivity contribution in [1.82, 2.24) is 4.98 Å². The number of aromatic nitrogens is 1. The molecule has 7 nitrogen and oxygen atoms in total. The smallest absolute Gasteiger partial charge is 0.337 e. The number of thiazole rings is 1. The van der Waals surface area contributed by atoms with Crippen molar-refractivity contribution < 1.29 is 23.5 Å². The van der Waals surface area contributed by atoms with Gasteiger partial charge in [-0.05, 0) is 44.2 Å². The van der Waals surface area contributed by atoms with Gasteiger partial charge in [-0.15, -0.1) is 11.3 Å². The second kappa shape index (κ2) is 8.05. The Kier molecular flexibility index (Phi) is 5.56. The topological polar surface area (TPSA) is 90.7 Å². The number of nitrogens with zero attached hydrogens (tertiary/aromatic N) is 1. The molecule has 0 radical (unpaired) electrons. The molecule has 0 spiro atoms. The molecule has 0 atom stereocenters. The molecule has 0 fully saturated rings. The maximum atomic E-state index is 12.6. The van der Waals surface area contributed by atoms with E-state index in [9.17, 15) is 9.59 Å². The number of benzene rings is 1. The van der Waals surface area contributed by atoms with Crippen LogP contribution in [0.15, 0.2) is 46.4 Å². The number of nitrogens with one attached hydrogen (secondary N) is 1. The largest absolute Gasteiger partial charge is 0.489 e. The van der Waals surface area contributed by atoms with E-state index in [2.05, 4.69) is 10.3 Å². The van der Waals surface area contributed by atoms with Crippen LogP contribution in [0.1, 0.15) is 34.7 Å². The first-order valence-electron chi connectivity index (χ1n) is 8.17. The molecule has 0 aliphatic heterocycles. The van der Waals surface area contributed by atoms with Crippen molar-refractivity contribution in [2.24, 2.45) is 0 Å². The van der Waals surface area contributed by atoms with Gasteiger partial charge in [-0.1, -0.05) is 0 Å². The summed E-state index contributed by atoms with van der Waals surface area (Å²) < 4.78 is 15.7. The Morgan fingerprint density at radius 2 is 2.07 bits per heavy atom. The van der Waals surface area contributed by atoms with E-state index in [4.69, 9.17) is 13.9 Å². The normalized spacial score (nSPS) is 10.7. The van der Waals surface area contributed by atoms with Crippen molar-refractivity contribution in [1.29, 1.82) is 0 Å². The van der Waals surface area contributed by atoms with Crippen molar-refractivity contribution in [2.45, 2.75) is 20.0 Å². The van der Waals surface area contributed by atoms with E-state index < -0.39 is 11.9 Å². The molecule has 0 unspecified atom stereocenters. The first kappa shape index (κ1) is 18.7. The van der Waals surface area contributed by atoms with Crippen molar-refractivity contribution in [2.75, 3.05) is 12.4 Å². The van der Waals surface area contributed by atoms with Gasteiger partial charge in [0.1, 0.15) is 11.4 Å². The van der Waals surface area contributed by atoms with Gasteiger partial charge in [0.05, 0.1) is 30.7 Å². The molecule has 3 aromatic rings. The fourth-order valence-electron chi connectivity index (χ4n) is 2.31. The van der Waals surface area contributed by atoms with E-state index in [1.54, 1.807) is 35.9 Å².